The lowest BCUT2D eigenvalue weighted by molar-refractivity contribution is 0.354. The molecular weight excluding hydrogens is 502 g/mol. The first-order chi connectivity index (χ1) is 17.7. The average Bonchev–Trinajstić information content (AvgIpc) is 3.31. The first kappa shape index (κ1) is 26.7. The zero-order valence-electron chi connectivity index (χ0n) is 20.9. The monoisotopic (exact) mass is 532 g/mol. The van der Waals surface area contributed by atoms with Crippen molar-refractivity contribution in [2.45, 2.75) is 42.7 Å². The van der Waals surface area contributed by atoms with Crippen LogP contribution in [0.3, 0.4) is 0 Å². The average molecular weight is 533 g/mol. The minimum atomic E-state index is -4.25. The summed E-state index contributed by atoms with van der Waals surface area (Å²) in [4.78, 5) is -0.0434. The molecule has 2 N–H and O–H groups in total. The topological polar surface area (TPSA) is 91.1 Å². The van der Waals surface area contributed by atoms with Gasteiger partial charge < -0.3 is 19.9 Å². The molecule has 37 heavy (non-hydrogen) atoms. The summed E-state index contributed by atoms with van der Waals surface area (Å²) in [5.74, 6) is -0.579. The van der Waals surface area contributed by atoms with E-state index in [1.807, 2.05) is 0 Å². The fourth-order valence-electron chi connectivity index (χ4n) is 4.83. The second-order valence-corrected chi connectivity index (χ2v) is 10.6. The number of benzene rings is 3. The molecule has 0 bridgehead atoms. The minimum absolute atomic E-state index is 0.0434. The van der Waals surface area contributed by atoms with Gasteiger partial charge in [0.25, 0.3) is 10.0 Å². The smallest absolute Gasteiger partial charge is 0.264 e. The van der Waals surface area contributed by atoms with Crippen LogP contribution >= 0.6 is 0 Å². The van der Waals surface area contributed by atoms with E-state index in [4.69, 9.17) is 19.9 Å². The van der Waals surface area contributed by atoms with Gasteiger partial charge in [-0.1, -0.05) is 18.2 Å². The number of ether oxygens (including phenoxy) is 3. The van der Waals surface area contributed by atoms with E-state index in [0.29, 0.717) is 24.2 Å². The van der Waals surface area contributed by atoms with Crippen molar-refractivity contribution in [2.24, 2.45) is 5.73 Å². The lowest BCUT2D eigenvalue weighted by Gasteiger charge is -2.35. The molecule has 3 aromatic carbocycles. The van der Waals surface area contributed by atoms with Crippen molar-refractivity contribution in [3.05, 3.63) is 77.4 Å². The number of nitrogens with two attached hydrogens (primary N) is 1. The van der Waals surface area contributed by atoms with Crippen molar-refractivity contribution >= 4 is 15.7 Å². The molecular formula is C27H30F2N2O5S. The standard InChI is InChI=1S/C27H30F2N2O5S/c1-34-24-14-13-18(16-26(24)36-3)37(32,33)31(23-11-6-10-22(23)30)27-17(7-4-12-25(27)35-2)15-19-20(28)8-5-9-21(19)29/h4-5,7-9,12-14,16,22-23H,6,10-11,15,30H2,1-3H3/t22-,23-/m0/s1. The molecule has 0 aromatic heterocycles. The summed E-state index contributed by atoms with van der Waals surface area (Å²) in [6.07, 6.45) is 1.69. The van der Waals surface area contributed by atoms with Crippen LogP contribution in [0.1, 0.15) is 30.4 Å². The summed E-state index contributed by atoms with van der Waals surface area (Å²) in [5.41, 5.74) is 6.83. The summed E-state index contributed by atoms with van der Waals surface area (Å²) >= 11 is 0. The molecule has 2 atom stereocenters. The summed E-state index contributed by atoms with van der Waals surface area (Å²) in [6, 6.07) is 11.8. The molecule has 198 valence electrons. The Labute approximate surface area is 215 Å². The zero-order valence-corrected chi connectivity index (χ0v) is 21.7. The minimum Gasteiger partial charge on any atom is -0.495 e. The Morgan fingerprint density at radius 3 is 2.14 bits per heavy atom. The molecule has 4 rings (SSSR count). The van der Waals surface area contributed by atoms with E-state index in [1.54, 1.807) is 18.2 Å². The number of anilines is 1. The molecule has 1 saturated carbocycles. The lowest BCUT2D eigenvalue weighted by atomic mass is 10.0. The quantitative estimate of drug-likeness (QED) is 0.431. The van der Waals surface area contributed by atoms with Crippen molar-refractivity contribution in [2.75, 3.05) is 25.6 Å². The van der Waals surface area contributed by atoms with E-state index >= 15 is 0 Å². The molecule has 0 heterocycles. The molecule has 0 aliphatic heterocycles. The Balaban J connectivity index is 1.95. The molecule has 0 spiro atoms. The highest BCUT2D eigenvalue weighted by Crippen LogP contribution is 2.42. The van der Waals surface area contributed by atoms with Crippen LogP contribution in [0.5, 0.6) is 17.2 Å². The third kappa shape index (κ3) is 5.08. The zero-order chi connectivity index (χ0) is 26.7. The maximum Gasteiger partial charge on any atom is 0.264 e. The van der Waals surface area contributed by atoms with Crippen LogP contribution in [0.2, 0.25) is 0 Å². The van der Waals surface area contributed by atoms with Crippen LogP contribution in [0.25, 0.3) is 0 Å². The maximum absolute atomic E-state index is 14.6. The van der Waals surface area contributed by atoms with Gasteiger partial charge in [-0.05, 0) is 55.2 Å². The van der Waals surface area contributed by atoms with Crippen LogP contribution in [0.15, 0.2) is 59.5 Å². The fourth-order valence-corrected chi connectivity index (χ4v) is 6.62. The first-order valence-electron chi connectivity index (χ1n) is 11.8. The second kappa shape index (κ2) is 10.9. The first-order valence-corrected chi connectivity index (χ1v) is 13.3. The molecule has 3 aromatic rings. The van der Waals surface area contributed by atoms with Gasteiger partial charge in [0, 0.05) is 24.1 Å². The Hall–Kier alpha value is -3.37. The number of halogens is 2. The highest BCUT2D eigenvalue weighted by atomic mass is 32.2. The van der Waals surface area contributed by atoms with Gasteiger partial charge in [0.05, 0.1) is 38.0 Å². The summed E-state index contributed by atoms with van der Waals surface area (Å²) < 4.78 is 75.3. The summed E-state index contributed by atoms with van der Waals surface area (Å²) in [5, 5.41) is 0. The van der Waals surface area contributed by atoms with Crippen molar-refractivity contribution in [1.29, 1.82) is 0 Å². The number of para-hydroxylation sites is 1. The van der Waals surface area contributed by atoms with Gasteiger partial charge in [0.2, 0.25) is 0 Å². The normalized spacial score (nSPS) is 17.5. The van der Waals surface area contributed by atoms with Gasteiger partial charge in [0.15, 0.2) is 11.5 Å². The van der Waals surface area contributed by atoms with E-state index in [9.17, 15) is 17.2 Å². The van der Waals surface area contributed by atoms with Crippen molar-refractivity contribution < 1.29 is 31.4 Å². The third-order valence-electron chi connectivity index (χ3n) is 6.70. The Morgan fingerprint density at radius 1 is 0.892 bits per heavy atom. The summed E-state index contributed by atoms with van der Waals surface area (Å²) in [7, 11) is 0.0474. The maximum atomic E-state index is 14.6. The van der Waals surface area contributed by atoms with Gasteiger partial charge in [-0.15, -0.1) is 0 Å². The van der Waals surface area contributed by atoms with E-state index in [0.717, 1.165) is 6.42 Å². The largest absolute Gasteiger partial charge is 0.495 e. The number of hydrogen-bond acceptors (Lipinski definition) is 6. The van der Waals surface area contributed by atoms with Crippen LogP contribution in [0, 0.1) is 11.6 Å². The Kier molecular flexibility index (Phi) is 7.89. The van der Waals surface area contributed by atoms with E-state index in [1.165, 1.54) is 62.0 Å². The number of hydrogen-bond donors (Lipinski definition) is 1. The molecule has 10 heteroatoms. The van der Waals surface area contributed by atoms with E-state index < -0.39 is 33.7 Å². The van der Waals surface area contributed by atoms with Crippen LogP contribution in [0.4, 0.5) is 14.5 Å². The van der Waals surface area contributed by atoms with Gasteiger partial charge in [-0.2, -0.15) is 0 Å². The van der Waals surface area contributed by atoms with Crippen LogP contribution < -0.4 is 24.2 Å². The molecule has 0 radical (unpaired) electrons. The number of rotatable bonds is 9. The van der Waals surface area contributed by atoms with Crippen LogP contribution in [-0.4, -0.2) is 41.8 Å². The van der Waals surface area contributed by atoms with E-state index in [2.05, 4.69) is 0 Å². The molecule has 0 unspecified atom stereocenters. The number of nitrogens with zero attached hydrogens (tertiary/aromatic N) is 1. The van der Waals surface area contributed by atoms with Crippen molar-refractivity contribution in [3.8, 4) is 17.2 Å². The number of methoxy groups -OCH3 is 3. The predicted octanol–water partition coefficient (Wildman–Crippen LogP) is 4.66. The van der Waals surface area contributed by atoms with Gasteiger partial charge in [-0.25, -0.2) is 17.2 Å². The van der Waals surface area contributed by atoms with Crippen molar-refractivity contribution in [3.63, 3.8) is 0 Å². The van der Waals surface area contributed by atoms with Crippen LogP contribution in [-0.2, 0) is 16.4 Å². The molecule has 1 aliphatic carbocycles. The third-order valence-corrected chi connectivity index (χ3v) is 8.52. The molecule has 1 fully saturated rings. The van der Waals surface area contributed by atoms with Gasteiger partial charge in [-0.3, -0.25) is 4.31 Å². The highest BCUT2D eigenvalue weighted by molar-refractivity contribution is 7.92. The second-order valence-electron chi connectivity index (χ2n) is 8.82. The van der Waals surface area contributed by atoms with E-state index in [-0.39, 0.29) is 34.1 Å². The SMILES string of the molecule is COc1ccc(S(=O)(=O)N(c2c(Cc3c(F)cccc3F)cccc2OC)[C@H]2CCC[C@@H]2N)cc1OC. The molecule has 1 aliphatic rings. The number of sulfonamides is 1. The highest BCUT2D eigenvalue weighted by Gasteiger charge is 2.40. The molecule has 0 amide bonds. The molecule has 7 nitrogen and oxygen atoms in total. The molecule has 0 saturated heterocycles. The summed E-state index contributed by atoms with van der Waals surface area (Å²) in [6.45, 7) is 0. The Morgan fingerprint density at radius 2 is 1.54 bits per heavy atom. The predicted molar refractivity (Wildman–Crippen MR) is 137 cm³/mol. The fraction of sp³-hybridized carbons (Fsp3) is 0.333. The van der Waals surface area contributed by atoms with Gasteiger partial charge in [0.1, 0.15) is 17.4 Å². The van der Waals surface area contributed by atoms with Gasteiger partial charge >= 0.3 is 0 Å². The Bertz CT molecular complexity index is 1360. The van der Waals surface area contributed by atoms with Crippen molar-refractivity contribution in [1.82, 2.24) is 0 Å². The lowest BCUT2D eigenvalue weighted by Crippen LogP contribution is -2.48.